The van der Waals surface area contributed by atoms with Crippen molar-refractivity contribution in [1.82, 2.24) is 5.32 Å². The second kappa shape index (κ2) is 4.04. The van der Waals surface area contributed by atoms with Crippen LogP contribution in [-0.2, 0) is 0 Å². The van der Waals surface area contributed by atoms with E-state index in [0.29, 0.717) is 5.92 Å². The van der Waals surface area contributed by atoms with Crippen LogP contribution in [0.3, 0.4) is 0 Å². The number of hydrogen-bond donors (Lipinski definition) is 1. The van der Waals surface area contributed by atoms with Gasteiger partial charge >= 0.3 is 0 Å². The van der Waals surface area contributed by atoms with Gasteiger partial charge in [-0.2, -0.15) is 0 Å². The fourth-order valence-electron chi connectivity index (χ4n) is 0.977. The normalized spacial score (nSPS) is 20.5. The molecule has 0 spiro atoms. The highest BCUT2D eigenvalue weighted by Gasteiger charge is 2.05. The molecule has 1 rings (SSSR count). The molecule has 0 bridgehead atoms. The summed E-state index contributed by atoms with van der Waals surface area (Å²) < 4.78 is 0. The molecule has 0 fully saturated rings. The van der Waals surface area contributed by atoms with Crippen molar-refractivity contribution >= 4 is 11.8 Å². The lowest BCUT2D eigenvalue weighted by Gasteiger charge is -2.06. The number of hydrogen-bond acceptors (Lipinski definition) is 2. The van der Waals surface area contributed by atoms with Gasteiger partial charge in [-0.25, -0.2) is 0 Å². The van der Waals surface area contributed by atoms with Crippen LogP contribution in [0.4, 0.5) is 0 Å². The van der Waals surface area contributed by atoms with Gasteiger partial charge in [0, 0.05) is 18.8 Å². The van der Waals surface area contributed by atoms with Crippen molar-refractivity contribution in [2.75, 3.05) is 18.8 Å². The number of thioether (sulfide) groups is 1. The van der Waals surface area contributed by atoms with E-state index in [0.717, 1.165) is 13.1 Å². The molecule has 0 saturated heterocycles. The topological polar surface area (TPSA) is 12.0 Å². The summed E-state index contributed by atoms with van der Waals surface area (Å²) in [5.74, 6) is 1.94. The predicted octanol–water partition coefficient (Wildman–Crippen LogP) is 1.86. The molecular weight excluding hydrogens is 142 g/mol. The predicted molar refractivity (Wildman–Crippen MR) is 48.2 cm³/mol. The van der Waals surface area contributed by atoms with E-state index in [1.807, 2.05) is 11.8 Å². The molecule has 0 saturated carbocycles. The highest BCUT2D eigenvalue weighted by Crippen LogP contribution is 2.23. The van der Waals surface area contributed by atoms with E-state index >= 15 is 0 Å². The minimum atomic E-state index is 0.713. The Morgan fingerprint density at radius 3 is 3.10 bits per heavy atom. The molecule has 0 radical (unpaired) electrons. The Kier molecular flexibility index (Phi) is 3.29. The summed E-state index contributed by atoms with van der Waals surface area (Å²) in [6.07, 6.45) is 2.31. The van der Waals surface area contributed by atoms with Crippen LogP contribution < -0.4 is 5.32 Å². The Hall–Kier alpha value is 0.0500. The van der Waals surface area contributed by atoms with Crippen LogP contribution in [0.25, 0.3) is 0 Å². The molecule has 0 amide bonds. The van der Waals surface area contributed by atoms with Gasteiger partial charge in [-0.3, -0.25) is 0 Å². The lowest BCUT2D eigenvalue weighted by Crippen LogP contribution is -2.14. The molecule has 0 aromatic rings. The fraction of sp³-hybridized carbons (Fsp3) is 0.750. The van der Waals surface area contributed by atoms with Crippen LogP contribution >= 0.6 is 11.8 Å². The van der Waals surface area contributed by atoms with Gasteiger partial charge in [0.15, 0.2) is 0 Å². The van der Waals surface area contributed by atoms with Crippen molar-refractivity contribution in [2.45, 2.75) is 13.8 Å². The number of rotatable bonds is 1. The standard InChI is InChI=1S/C8H15NS/c1-7(2)8-3-4-9-5-6-10-8/h3,7,9H,4-6H2,1-2H3. The zero-order chi connectivity index (χ0) is 7.40. The van der Waals surface area contributed by atoms with Crippen LogP contribution in [0, 0.1) is 5.92 Å². The highest BCUT2D eigenvalue weighted by atomic mass is 32.2. The first kappa shape index (κ1) is 8.15. The molecule has 0 unspecified atom stereocenters. The molecule has 0 aromatic heterocycles. The zero-order valence-corrected chi connectivity index (χ0v) is 7.50. The number of nitrogens with one attached hydrogen (secondary N) is 1. The summed E-state index contributed by atoms with van der Waals surface area (Å²) in [6, 6.07) is 0. The summed E-state index contributed by atoms with van der Waals surface area (Å²) in [5, 5.41) is 3.33. The minimum absolute atomic E-state index is 0.713. The Morgan fingerprint density at radius 1 is 1.60 bits per heavy atom. The maximum absolute atomic E-state index is 3.33. The van der Waals surface area contributed by atoms with Gasteiger partial charge in [-0.05, 0) is 10.8 Å². The van der Waals surface area contributed by atoms with E-state index < -0.39 is 0 Å². The van der Waals surface area contributed by atoms with Gasteiger partial charge in [0.25, 0.3) is 0 Å². The summed E-state index contributed by atoms with van der Waals surface area (Å²) in [5.41, 5.74) is 0. The van der Waals surface area contributed by atoms with E-state index in [1.165, 1.54) is 5.75 Å². The third-order valence-electron chi connectivity index (χ3n) is 1.56. The third-order valence-corrected chi connectivity index (χ3v) is 2.94. The molecule has 1 N–H and O–H groups in total. The third kappa shape index (κ3) is 2.35. The Balaban J connectivity index is 2.46. The van der Waals surface area contributed by atoms with Crippen LogP contribution in [0.5, 0.6) is 0 Å². The van der Waals surface area contributed by atoms with E-state index in [4.69, 9.17) is 0 Å². The first-order valence-electron chi connectivity index (χ1n) is 3.84. The molecule has 1 aliphatic heterocycles. The molecule has 58 valence electrons. The van der Waals surface area contributed by atoms with Gasteiger partial charge in [0.2, 0.25) is 0 Å². The lowest BCUT2D eigenvalue weighted by molar-refractivity contribution is 0.791. The smallest absolute Gasteiger partial charge is 0.0146 e. The summed E-state index contributed by atoms with van der Waals surface area (Å²) in [6.45, 7) is 6.71. The molecule has 1 aliphatic rings. The van der Waals surface area contributed by atoms with Gasteiger partial charge < -0.3 is 5.32 Å². The molecule has 1 heterocycles. The maximum atomic E-state index is 3.33. The lowest BCUT2D eigenvalue weighted by atomic mass is 10.2. The maximum Gasteiger partial charge on any atom is 0.0146 e. The number of allylic oxidation sites excluding steroid dienone is 1. The molecular formula is C8H15NS. The molecule has 0 atom stereocenters. The highest BCUT2D eigenvalue weighted by molar-refractivity contribution is 8.03. The van der Waals surface area contributed by atoms with E-state index in [-0.39, 0.29) is 0 Å². The second-order valence-corrected chi connectivity index (χ2v) is 3.98. The van der Waals surface area contributed by atoms with Crippen molar-refractivity contribution in [2.24, 2.45) is 5.92 Å². The van der Waals surface area contributed by atoms with Crippen LogP contribution in [0.2, 0.25) is 0 Å². The molecule has 0 aliphatic carbocycles. The Labute approximate surface area is 67.3 Å². The minimum Gasteiger partial charge on any atom is -0.312 e. The first-order valence-corrected chi connectivity index (χ1v) is 4.83. The van der Waals surface area contributed by atoms with Crippen LogP contribution in [-0.4, -0.2) is 18.8 Å². The Morgan fingerprint density at radius 2 is 2.40 bits per heavy atom. The van der Waals surface area contributed by atoms with Gasteiger partial charge in [0.05, 0.1) is 0 Å². The molecule has 10 heavy (non-hydrogen) atoms. The van der Waals surface area contributed by atoms with Crippen LogP contribution in [0.1, 0.15) is 13.8 Å². The summed E-state index contributed by atoms with van der Waals surface area (Å²) >= 11 is 1.99. The SMILES string of the molecule is CC(C)C1=CCNCCS1. The molecule has 1 nitrogen and oxygen atoms in total. The summed E-state index contributed by atoms with van der Waals surface area (Å²) in [4.78, 5) is 1.55. The van der Waals surface area contributed by atoms with Crippen LogP contribution in [0.15, 0.2) is 11.0 Å². The van der Waals surface area contributed by atoms with Crippen molar-refractivity contribution in [1.29, 1.82) is 0 Å². The van der Waals surface area contributed by atoms with Crippen molar-refractivity contribution in [3.05, 3.63) is 11.0 Å². The molecule has 0 aromatic carbocycles. The van der Waals surface area contributed by atoms with Crippen molar-refractivity contribution in [3.8, 4) is 0 Å². The monoisotopic (exact) mass is 157 g/mol. The van der Waals surface area contributed by atoms with Gasteiger partial charge in [-0.1, -0.05) is 19.9 Å². The van der Waals surface area contributed by atoms with E-state index in [1.54, 1.807) is 4.91 Å². The second-order valence-electron chi connectivity index (χ2n) is 2.81. The Bertz CT molecular complexity index is 129. The fourth-order valence-corrected chi connectivity index (χ4v) is 1.99. The van der Waals surface area contributed by atoms with Gasteiger partial charge in [0.1, 0.15) is 0 Å². The van der Waals surface area contributed by atoms with Gasteiger partial charge in [-0.15, -0.1) is 11.8 Å². The summed E-state index contributed by atoms with van der Waals surface area (Å²) in [7, 11) is 0. The van der Waals surface area contributed by atoms with Crippen molar-refractivity contribution in [3.63, 3.8) is 0 Å². The quantitative estimate of drug-likeness (QED) is 0.623. The largest absolute Gasteiger partial charge is 0.312 e. The average molecular weight is 157 g/mol. The molecule has 2 heteroatoms. The zero-order valence-electron chi connectivity index (χ0n) is 6.68. The first-order chi connectivity index (χ1) is 4.80. The van der Waals surface area contributed by atoms with E-state index in [2.05, 4.69) is 25.2 Å². The van der Waals surface area contributed by atoms with E-state index in [9.17, 15) is 0 Å². The average Bonchev–Trinajstić information content (AvgIpc) is 2.12. The van der Waals surface area contributed by atoms with Crippen molar-refractivity contribution < 1.29 is 0 Å².